The van der Waals surface area contributed by atoms with Crippen LogP contribution >= 0.6 is 11.8 Å². The monoisotopic (exact) mass is 317 g/mol. The quantitative estimate of drug-likeness (QED) is 0.776. The summed E-state index contributed by atoms with van der Waals surface area (Å²) in [5, 5.41) is 6.75. The zero-order valence-corrected chi connectivity index (χ0v) is 13.1. The van der Waals surface area contributed by atoms with Gasteiger partial charge in [-0.15, -0.1) is 11.8 Å². The van der Waals surface area contributed by atoms with Crippen LogP contribution in [0.4, 0.5) is 5.82 Å². The van der Waals surface area contributed by atoms with Gasteiger partial charge in [-0.2, -0.15) is 0 Å². The Balaban J connectivity index is 1.57. The minimum atomic E-state index is -0.0737. The number of carbonyl (C=O) groups is 1. The number of nitrogens with one attached hydrogen (secondary N) is 1. The van der Waals surface area contributed by atoms with E-state index in [1.807, 2.05) is 13.8 Å². The van der Waals surface area contributed by atoms with Crippen LogP contribution in [0.1, 0.15) is 17.0 Å². The van der Waals surface area contributed by atoms with Gasteiger partial charge in [0.15, 0.2) is 5.65 Å². The van der Waals surface area contributed by atoms with E-state index in [2.05, 4.69) is 20.4 Å². The molecule has 0 fully saturated rings. The fourth-order valence-electron chi connectivity index (χ4n) is 2.07. The van der Waals surface area contributed by atoms with Gasteiger partial charge in [-0.3, -0.25) is 14.2 Å². The van der Waals surface area contributed by atoms with E-state index in [9.17, 15) is 4.79 Å². The molecule has 1 N–H and O–H groups in total. The fourth-order valence-corrected chi connectivity index (χ4v) is 3.04. The van der Waals surface area contributed by atoms with Gasteiger partial charge in [-0.1, -0.05) is 5.16 Å². The third-order valence-electron chi connectivity index (χ3n) is 3.25. The Labute approximate surface area is 131 Å². The van der Waals surface area contributed by atoms with Crippen LogP contribution < -0.4 is 5.32 Å². The van der Waals surface area contributed by atoms with Crippen LogP contribution in [0.5, 0.6) is 0 Å². The number of nitrogens with zero attached hydrogens (tertiary/aromatic N) is 4. The number of anilines is 1. The Hall–Kier alpha value is -2.35. The number of aryl methyl sites for hydroxylation is 2. The van der Waals surface area contributed by atoms with Crippen molar-refractivity contribution in [2.75, 3.05) is 11.1 Å². The molecule has 0 spiro atoms. The van der Waals surface area contributed by atoms with Crippen molar-refractivity contribution in [2.45, 2.75) is 19.6 Å². The minimum Gasteiger partial charge on any atom is -0.361 e. The second-order valence-corrected chi connectivity index (χ2v) is 5.78. The van der Waals surface area contributed by atoms with Crippen molar-refractivity contribution in [2.24, 2.45) is 0 Å². The topological polar surface area (TPSA) is 85.3 Å². The van der Waals surface area contributed by atoms with Gasteiger partial charge < -0.3 is 9.84 Å². The molecule has 0 radical (unpaired) electrons. The van der Waals surface area contributed by atoms with Gasteiger partial charge in [0, 0.05) is 23.7 Å². The molecule has 7 nitrogen and oxygen atoms in total. The minimum absolute atomic E-state index is 0.0737. The molecular weight excluding hydrogens is 302 g/mol. The van der Waals surface area contributed by atoms with Crippen molar-refractivity contribution in [1.29, 1.82) is 0 Å². The summed E-state index contributed by atoms with van der Waals surface area (Å²) in [6, 6.07) is 0. The summed E-state index contributed by atoms with van der Waals surface area (Å²) < 4.78 is 6.89. The van der Waals surface area contributed by atoms with E-state index in [0.29, 0.717) is 23.0 Å². The maximum absolute atomic E-state index is 12.0. The van der Waals surface area contributed by atoms with Crippen molar-refractivity contribution >= 4 is 29.1 Å². The Morgan fingerprint density at radius 2 is 2.27 bits per heavy atom. The molecule has 0 unspecified atom stereocenters. The summed E-state index contributed by atoms with van der Waals surface area (Å²) in [6.07, 6.45) is 6.67. The zero-order chi connectivity index (χ0) is 15.5. The van der Waals surface area contributed by atoms with Gasteiger partial charge in [0.1, 0.15) is 11.6 Å². The standard InChI is InChI=1S/C14H15N5O2S/c1-9-11(10(2)21-18-9)7-22-8-14(20)17-13-6-16-12-5-15-3-4-19(12)13/h3-6H,7-8H2,1-2H3,(H,17,20). The second kappa shape index (κ2) is 6.18. The Morgan fingerprint density at radius 3 is 3.05 bits per heavy atom. The van der Waals surface area contributed by atoms with E-state index in [0.717, 1.165) is 17.0 Å². The predicted octanol–water partition coefficient (Wildman–Crippen LogP) is 2.21. The van der Waals surface area contributed by atoms with Gasteiger partial charge in [0.25, 0.3) is 0 Å². The van der Waals surface area contributed by atoms with Crippen LogP contribution in [0.15, 0.2) is 29.3 Å². The second-order valence-electron chi connectivity index (χ2n) is 4.79. The van der Waals surface area contributed by atoms with Crippen LogP contribution in [-0.2, 0) is 10.5 Å². The number of rotatable bonds is 5. The summed E-state index contributed by atoms with van der Waals surface area (Å²) in [7, 11) is 0. The van der Waals surface area contributed by atoms with Crippen molar-refractivity contribution < 1.29 is 9.32 Å². The number of carbonyl (C=O) groups excluding carboxylic acids is 1. The lowest BCUT2D eigenvalue weighted by molar-refractivity contribution is -0.113. The Morgan fingerprint density at radius 1 is 1.41 bits per heavy atom. The molecule has 3 aromatic rings. The van der Waals surface area contributed by atoms with Gasteiger partial charge in [0.05, 0.1) is 23.8 Å². The SMILES string of the molecule is Cc1noc(C)c1CSCC(=O)Nc1cnc2cnccn12. The molecule has 8 heteroatoms. The molecule has 3 heterocycles. The number of imidazole rings is 1. The molecule has 114 valence electrons. The highest BCUT2D eigenvalue weighted by molar-refractivity contribution is 7.99. The molecule has 3 rings (SSSR count). The molecule has 0 atom stereocenters. The molecule has 0 saturated carbocycles. The highest BCUT2D eigenvalue weighted by Crippen LogP contribution is 2.19. The van der Waals surface area contributed by atoms with Crippen molar-refractivity contribution in [3.05, 3.63) is 41.8 Å². The van der Waals surface area contributed by atoms with Crippen LogP contribution in [0.25, 0.3) is 5.65 Å². The highest BCUT2D eigenvalue weighted by Gasteiger charge is 2.11. The Kier molecular flexibility index (Phi) is 4.10. The lowest BCUT2D eigenvalue weighted by atomic mass is 10.2. The number of amides is 1. The molecule has 0 aliphatic heterocycles. The third kappa shape index (κ3) is 2.96. The van der Waals surface area contributed by atoms with Crippen LogP contribution in [0.3, 0.4) is 0 Å². The van der Waals surface area contributed by atoms with Gasteiger partial charge >= 0.3 is 0 Å². The highest BCUT2D eigenvalue weighted by atomic mass is 32.2. The van der Waals surface area contributed by atoms with Crippen molar-refractivity contribution in [3.8, 4) is 0 Å². The van der Waals surface area contributed by atoms with Crippen molar-refractivity contribution in [3.63, 3.8) is 0 Å². The molecule has 0 aliphatic rings. The number of hydrogen-bond acceptors (Lipinski definition) is 6. The van der Waals surface area contributed by atoms with E-state index in [1.54, 1.807) is 29.2 Å². The molecule has 0 bridgehead atoms. The van der Waals surface area contributed by atoms with Crippen LogP contribution in [0.2, 0.25) is 0 Å². The molecule has 22 heavy (non-hydrogen) atoms. The summed E-state index contributed by atoms with van der Waals surface area (Å²) >= 11 is 1.52. The molecule has 0 saturated heterocycles. The smallest absolute Gasteiger partial charge is 0.235 e. The Bertz CT molecular complexity index is 791. The molecule has 3 aromatic heterocycles. The average molecular weight is 317 g/mol. The zero-order valence-electron chi connectivity index (χ0n) is 12.2. The van der Waals surface area contributed by atoms with Crippen LogP contribution in [0, 0.1) is 13.8 Å². The summed E-state index contributed by atoms with van der Waals surface area (Å²) in [6.45, 7) is 3.78. The van der Waals surface area contributed by atoms with Crippen molar-refractivity contribution in [1.82, 2.24) is 19.5 Å². The summed E-state index contributed by atoms with van der Waals surface area (Å²) in [5.41, 5.74) is 2.62. The van der Waals surface area contributed by atoms with Crippen LogP contribution in [-0.4, -0.2) is 31.2 Å². The van der Waals surface area contributed by atoms with Gasteiger partial charge in [0.2, 0.25) is 5.91 Å². The van der Waals surface area contributed by atoms with E-state index >= 15 is 0 Å². The first kappa shape index (κ1) is 14.6. The normalized spacial score (nSPS) is 11.0. The van der Waals surface area contributed by atoms with Gasteiger partial charge in [-0.05, 0) is 13.8 Å². The first-order valence-corrected chi connectivity index (χ1v) is 7.87. The molecule has 0 aliphatic carbocycles. The summed E-state index contributed by atoms with van der Waals surface area (Å²) in [5.74, 6) is 2.42. The first-order chi connectivity index (χ1) is 10.6. The average Bonchev–Trinajstić information content (AvgIpc) is 3.05. The van der Waals surface area contributed by atoms with E-state index in [4.69, 9.17) is 4.52 Å². The van der Waals surface area contributed by atoms with E-state index in [-0.39, 0.29) is 5.91 Å². The van der Waals surface area contributed by atoms with Gasteiger partial charge in [-0.25, -0.2) is 4.98 Å². The number of thioether (sulfide) groups is 1. The predicted molar refractivity (Wildman–Crippen MR) is 83.8 cm³/mol. The third-order valence-corrected chi connectivity index (χ3v) is 4.20. The fraction of sp³-hybridized carbons (Fsp3) is 0.286. The first-order valence-electron chi connectivity index (χ1n) is 6.71. The molecular formula is C14H15N5O2S. The maximum Gasteiger partial charge on any atom is 0.235 e. The number of fused-ring (bicyclic) bond motifs is 1. The lowest BCUT2D eigenvalue weighted by Gasteiger charge is -2.04. The number of hydrogen-bond donors (Lipinski definition) is 1. The largest absolute Gasteiger partial charge is 0.361 e. The maximum atomic E-state index is 12.0. The molecule has 1 amide bonds. The lowest BCUT2D eigenvalue weighted by Crippen LogP contribution is -2.15. The summed E-state index contributed by atoms with van der Waals surface area (Å²) in [4.78, 5) is 20.2. The molecule has 0 aromatic carbocycles. The van der Waals surface area contributed by atoms with E-state index < -0.39 is 0 Å². The number of aromatic nitrogens is 4. The van der Waals surface area contributed by atoms with E-state index in [1.165, 1.54) is 11.8 Å².